The van der Waals surface area contributed by atoms with Gasteiger partial charge < -0.3 is 19.3 Å². The number of esters is 1. The summed E-state index contributed by atoms with van der Waals surface area (Å²) in [6.07, 6.45) is 1.38. The van der Waals surface area contributed by atoms with Crippen LogP contribution in [0.15, 0.2) is 11.6 Å². The lowest BCUT2D eigenvalue weighted by atomic mass is 9.52. The number of hydrogen-bond donors (Lipinski definition) is 1. The number of aliphatic hydroxyl groups is 1. The Morgan fingerprint density at radius 1 is 1.48 bits per heavy atom. The maximum atomic E-state index is 12.4. The van der Waals surface area contributed by atoms with Gasteiger partial charge in [0.1, 0.15) is 12.2 Å². The average molecular weight is 322 g/mol. The van der Waals surface area contributed by atoms with Gasteiger partial charge in [0.2, 0.25) is 0 Å². The highest BCUT2D eigenvalue weighted by atomic mass is 16.8. The smallest absolute Gasteiger partial charge is 0.302 e. The largest absolute Gasteiger partial charge is 0.463 e. The molecule has 6 atom stereocenters. The zero-order valence-electron chi connectivity index (χ0n) is 13.8. The van der Waals surface area contributed by atoms with E-state index in [-0.39, 0.29) is 24.9 Å². The van der Waals surface area contributed by atoms with E-state index in [2.05, 4.69) is 0 Å². The number of Topliss-reactive ketones (excluding diaryl/α,β-unsaturated/α-hetero) is 1. The van der Waals surface area contributed by atoms with Gasteiger partial charge in [-0.1, -0.05) is 13.8 Å². The molecule has 2 aliphatic carbocycles. The van der Waals surface area contributed by atoms with Crippen molar-refractivity contribution in [2.45, 2.75) is 64.1 Å². The van der Waals surface area contributed by atoms with Crippen molar-refractivity contribution in [2.24, 2.45) is 10.8 Å². The molecule has 2 heterocycles. The minimum atomic E-state index is -1.04. The molecule has 6 heteroatoms. The minimum Gasteiger partial charge on any atom is -0.463 e. The van der Waals surface area contributed by atoms with Crippen LogP contribution in [0.1, 0.15) is 40.5 Å². The van der Waals surface area contributed by atoms with Crippen LogP contribution in [0.25, 0.3) is 0 Å². The number of aliphatic hydroxyl groups excluding tert-OH is 1. The Kier molecular flexibility index (Phi) is 2.69. The normalized spacial score (nSPS) is 53.3. The maximum absolute atomic E-state index is 12.4. The first kappa shape index (κ1) is 15.3. The van der Waals surface area contributed by atoms with Crippen LogP contribution in [0, 0.1) is 10.8 Å². The fourth-order valence-electron chi connectivity index (χ4n) is 5.34. The average Bonchev–Trinajstić information content (AvgIpc) is 2.90. The molecule has 6 nitrogen and oxygen atoms in total. The molecule has 1 saturated carbocycles. The van der Waals surface area contributed by atoms with Crippen molar-refractivity contribution in [3.63, 3.8) is 0 Å². The van der Waals surface area contributed by atoms with Crippen molar-refractivity contribution in [3.8, 4) is 0 Å². The van der Waals surface area contributed by atoms with E-state index in [0.29, 0.717) is 12.0 Å². The maximum Gasteiger partial charge on any atom is 0.302 e. The molecule has 126 valence electrons. The molecule has 2 bridgehead atoms. The molecule has 4 aliphatic rings. The first-order valence-electron chi connectivity index (χ1n) is 8.04. The third-order valence-corrected chi connectivity index (χ3v) is 6.92. The second-order valence-electron chi connectivity index (χ2n) is 7.76. The highest BCUT2D eigenvalue weighted by Gasteiger charge is 2.88. The van der Waals surface area contributed by atoms with E-state index in [1.165, 1.54) is 6.92 Å². The number of ether oxygens (including phenoxy) is 3. The molecule has 0 aromatic carbocycles. The Morgan fingerprint density at radius 3 is 2.83 bits per heavy atom. The van der Waals surface area contributed by atoms with Crippen LogP contribution in [-0.2, 0) is 23.8 Å². The summed E-state index contributed by atoms with van der Waals surface area (Å²) in [5.41, 5.74) is -1.74. The molecule has 0 amide bonds. The zero-order valence-corrected chi connectivity index (χ0v) is 13.8. The lowest BCUT2D eigenvalue weighted by Crippen LogP contribution is -2.63. The Bertz CT molecular complexity index is 655. The molecule has 1 spiro atoms. The van der Waals surface area contributed by atoms with Crippen LogP contribution in [-0.4, -0.2) is 47.1 Å². The highest BCUT2D eigenvalue weighted by Crippen LogP contribution is 2.77. The third-order valence-electron chi connectivity index (χ3n) is 6.92. The van der Waals surface area contributed by atoms with E-state index in [0.717, 1.165) is 0 Å². The second-order valence-corrected chi connectivity index (χ2v) is 7.76. The van der Waals surface area contributed by atoms with Crippen LogP contribution >= 0.6 is 0 Å². The molecular weight excluding hydrogens is 300 g/mol. The molecule has 0 aromatic rings. The number of ketones is 1. The molecule has 2 saturated heterocycles. The van der Waals surface area contributed by atoms with Crippen LogP contribution in [0.5, 0.6) is 0 Å². The molecule has 4 rings (SSSR count). The van der Waals surface area contributed by atoms with Crippen molar-refractivity contribution in [1.82, 2.24) is 0 Å². The third kappa shape index (κ3) is 1.38. The lowest BCUT2D eigenvalue weighted by Gasteiger charge is -2.53. The van der Waals surface area contributed by atoms with Crippen LogP contribution in [0.2, 0.25) is 0 Å². The Balaban J connectivity index is 1.90. The number of hydrogen-bond acceptors (Lipinski definition) is 6. The van der Waals surface area contributed by atoms with Gasteiger partial charge in [0.05, 0.1) is 12.2 Å². The summed E-state index contributed by atoms with van der Waals surface area (Å²) in [5, 5.41) is 10.8. The van der Waals surface area contributed by atoms with E-state index >= 15 is 0 Å². The second kappa shape index (κ2) is 4.05. The van der Waals surface area contributed by atoms with Crippen LogP contribution in [0.4, 0.5) is 0 Å². The summed E-state index contributed by atoms with van der Waals surface area (Å²) in [5.74, 6) is -1.40. The van der Waals surface area contributed by atoms with E-state index in [9.17, 15) is 14.7 Å². The zero-order chi connectivity index (χ0) is 16.8. The summed E-state index contributed by atoms with van der Waals surface area (Å²) in [7, 11) is 0. The molecule has 3 fully saturated rings. The fourth-order valence-corrected chi connectivity index (χ4v) is 5.34. The van der Waals surface area contributed by atoms with Crippen LogP contribution in [0.3, 0.4) is 0 Å². The van der Waals surface area contributed by atoms with Gasteiger partial charge in [-0.2, -0.15) is 0 Å². The standard InChI is InChI=1S/C17H22O6/c1-9-6-17-14(3,7-11(9)19)15(4)12(20)5-13(22-17)16(15,23-17)8-21-10(2)18/h6,12-13,20H,5,7-8H2,1-4H3/t12-,13-,14-,15-,16-,17-/m1/s1. The van der Waals surface area contributed by atoms with Gasteiger partial charge in [-0.05, 0) is 18.6 Å². The van der Waals surface area contributed by atoms with E-state index in [4.69, 9.17) is 14.2 Å². The molecule has 2 aliphatic heterocycles. The summed E-state index contributed by atoms with van der Waals surface area (Å²) in [6.45, 7) is 7.01. The van der Waals surface area contributed by atoms with E-state index in [1.54, 1.807) is 13.0 Å². The minimum absolute atomic E-state index is 0.0268. The van der Waals surface area contributed by atoms with E-state index in [1.807, 2.05) is 13.8 Å². The quantitative estimate of drug-likeness (QED) is 0.767. The van der Waals surface area contributed by atoms with Crippen molar-refractivity contribution in [2.75, 3.05) is 6.61 Å². The number of allylic oxidation sites excluding steroid dienone is 1. The van der Waals surface area contributed by atoms with Crippen LogP contribution < -0.4 is 0 Å². The summed E-state index contributed by atoms with van der Waals surface area (Å²) in [4.78, 5) is 23.7. The van der Waals surface area contributed by atoms with Gasteiger partial charge in [-0.25, -0.2) is 0 Å². The molecule has 1 N–H and O–H groups in total. The summed E-state index contributed by atoms with van der Waals surface area (Å²) >= 11 is 0. The Labute approximate surface area is 134 Å². The SMILES string of the molecule is CC(=O)OC[C@]12O[C@]34C=C(C)C(=O)C[C@]3(C)[C@@]1(C)[C@H](O)C[C@H]2O4. The monoisotopic (exact) mass is 322 g/mol. The summed E-state index contributed by atoms with van der Waals surface area (Å²) in [6, 6.07) is 0. The topological polar surface area (TPSA) is 82.1 Å². The van der Waals surface area contributed by atoms with Crippen molar-refractivity contribution >= 4 is 11.8 Å². The molecule has 0 aromatic heterocycles. The first-order valence-corrected chi connectivity index (χ1v) is 8.04. The predicted molar refractivity (Wildman–Crippen MR) is 78.3 cm³/mol. The molecule has 0 radical (unpaired) electrons. The lowest BCUT2D eigenvalue weighted by molar-refractivity contribution is -0.203. The van der Waals surface area contributed by atoms with Gasteiger partial charge in [-0.3, -0.25) is 9.59 Å². The van der Waals surface area contributed by atoms with Gasteiger partial charge in [0.25, 0.3) is 0 Å². The van der Waals surface area contributed by atoms with Gasteiger partial charge in [0.15, 0.2) is 11.6 Å². The van der Waals surface area contributed by atoms with Gasteiger partial charge in [-0.15, -0.1) is 0 Å². The van der Waals surface area contributed by atoms with Crippen molar-refractivity contribution in [1.29, 1.82) is 0 Å². The van der Waals surface area contributed by atoms with E-state index < -0.39 is 34.3 Å². The Hall–Kier alpha value is -1.24. The van der Waals surface area contributed by atoms with Gasteiger partial charge >= 0.3 is 5.97 Å². The van der Waals surface area contributed by atoms with Gasteiger partial charge in [0, 0.05) is 30.6 Å². The highest BCUT2D eigenvalue weighted by molar-refractivity contribution is 5.97. The fraction of sp³-hybridized carbons (Fsp3) is 0.765. The van der Waals surface area contributed by atoms with Crippen molar-refractivity contribution < 1.29 is 28.9 Å². The molecule has 0 unspecified atom stereocenters. The number of carbonyl (C=O) groups excluding carboxylic acids is 2. The van der Waals surface area contributed by atoms with Crippen molar-refractivity contribution in [3.05, 3.63) is 11.6 Å². The Morgan fingerprint density at radius 2 is 2.17 bits per heavy atom. The molecule has 23 heavy (non-hydrogen) atoms. The number of rotatable bonds is 2. The first-order chi connectivity index (χ1) is 10.6. The summed E-state index contributed by atoms with van der Waals surface area (Å²) < 4.78 is 17.9. The number of fused-ring (bicyclic) bond motifs is 1. The molecular formula is C17H22O6. The number of carbonyl (C=O) groups is 2. The predicted octanol–water partition coefficient (Wildman–Crippen LogP) is 1.11.